The van der Waals surface area contributed by atoms with Gasteiger partial charge in [-0.05, 0) is 36.3 Å². The van der Waals surface area contributed by atoms with Gasteiger partial charge < -0.3 is 15.4 Å². The molecule has 2 heterocycles. The number of carbonyl (C=O) groups is 2. The van der Waals surface area contributed by atoms with Gasteiger partial charge in [-0.15, -0.1) is 11.3 Å². The molecule has 1 aliphatic heterocycles. The van der Waals surface area contributed by atoms with Gasteiger partial charge in [0.1, 0.15) is 6.10 Å². The molecule has 3 rings (SSSR count). The molecule has 6 heteroatoms. The van der Waals surface area contributed by atoms with Crippen LogP contribution in [0.3, 0.4) is 0 Å². The summed E-state index contributed by atoms with van der Waals surface area (Å²) in [5.74, 6) is 0.393. The summed E-state index contributed by atoms with van der Waals surface area (Å²) in [6.45, 7) is 1.83. The third-order valence-electron chi connectivity index (χ3n) is 4.09. The number of carbonyl (C=O) groups excluding carboxylic acids is 2. The minimum atomic E-state index is -0.0199. The standard InChI is InChI=1S/C16H22N2O3S/c19-15(2-1-7-17-16(20)11-3-4-11)18-10-13-12-6-9-22-14(12)5-8-21-13/h6,9,11,13H,1-5,7-8,10H2,(H,17,20)(H,18,19). The molecule has 120 valence electrons. The highest BCUT2D eigenvalue weighted by molar-refractivity contribution is 7.10. The molecule has 1 aromatic heterocycles. The first-order valence-corrected chi connectivity index (χ1v) is 8.84. The Hall–Kier alpha value is -1.40. The lowest BCUT2D eigenvalue weighted by Gasteiger charge is -2.23. The molecule has 1 aromatic rings. The van der Waals surface area contributed by atoms with Crippen LogP contribution in [0.5, 0.6) is 0 Å². The van der Waals surface area contributed by atoms with Crippen LogP contribution in [0.2, 0.25) is 0 Å². The van der Waals surface area contributed by atoms with Crippen LogP contribution in [0.4, 0.5) is 0 Å². The van der Waals surface area contributed by atoms with Crippen LogP contribution < -0.4 is 10.6 Å². The molecule has 0 spiro atoms. The normalized spacial score (nSPS) is 20.3. The molecular formula is C16H22N2O3S. The molecule has 0 aromatic carbocycles. The van der Waals surface area contributed by atoms with Gasteiger partial charge in [0.05, 0.1) is 6.61 Å². The summed E-state index contributed by atoms with van der Waals surface area (Å²) in [5.41, 5.74) is 1.22. The second-order valence-corrected chi connectivity index (χ2v) is 6.88. The molecule has 5 nitrogen and oxygen atoms in total. The molecular weight excluding hydrogens is 300 g/mol. The van der Waals surface area contributed by atoms with Crippen LogP contribution >= 0.6 is 11.3 Å². The Kier molecular flexibility index (Phi) is 5.10. The Morgan fingerprint density at radius 1 is 1.32 bits per heavy atom. The fraction of sp³-hybridized carbons (Fsp3) is 0.625. The third kappa shape index (κ3) is 4.08. The maximum absolute atomic E-state index is 11.9. The zero-order valence-corrected chi connectivity index (χ0v) is 13.4. The maximum atomic E-state index is 11.9. The van der Waals surface area contributed by atoms with Gasteiger partial charge in [0, 0.05) is 36.7 Å². The first kappa shape index (κ1) is 15.5. The van der Waals surface area contributed by atoms with Crippen LogP contribution in [-0.2, 0) is 20.7 Å². The topological polar surface area (TPSA) is 67.4 Å². The maximum Gasteiger partial charge on any atom is 0.223 e. The van der Waals surface area contributed by atoms with E-state index < -0.39 is 0 Å². The number of hydrogen-bond donors (Lipinski definition) is 2. The number of amides is 2. The summed E-state index contributed by atoms with van der Waals surface area (Å²) in [5, 5.41) is 7.89. The van der Waals surface area contributed by atoms with Gasteiger partial charge in [0.2, 0.25) is 11.8 Å². The zero-order chi connectivity index (χ0) is 15.4. The van der Waals surface area contributed by atoms with E-state index in [4.69, 9.17) is 4.74 Å². The molecule has 1 atom stereocenters. The fourth-order valence-electron chi connectivity index (χ4n) is 2.64. The van der Waals surface area contributed by atoms with E-state index in [0.29, 0.717) is 25.9 Å². The summed E-state index contributed by atoms with van der Waals surface area (Å²) in [6.07, 6.45) is 4.09. The summed E-state index contributed by atoms with van der Waals surface area (Å²) < 4.78 is 5.74. The molecule has 2 aliphatic rings. The first-order chi connectivity index (χ1) is 10.7. The van der Waals surface area contributed by atoms with E-state index in [2.05, 4.69) is 22.1 Å². The van der Waals surface area contributed by atoms with Crippen molar-refractivity contribution in [2.75, 3.05) is 19.7 Å². The van der Waals surface area contributed by atoms with Crippen molar-refractivity contribution >= 4 is 23.2 Å². The molecule has 0 radical (unpaired) electrons. The van der Waals surface area contributed by atoms with Crippen LogP contribution in [0, 0.1) is 5.92 Å². The predicted octanol–water partition coefficient (Wildman–Crippen LogP) is 1.78. The summed E-state index contributed by atoms with van der Waals surface area (Å²) in [7, 11) is 0. The van der Waals surface area contributed by atoms with Gasteiger partial charge >= 0.3 is 0 Å². The van der Waals surface area contributed by atoms with Crippen molar-refractivity contribution in [2.24, 2.45) is 5.92 Å². The summed E-state index contributed by atoms with van der Waals surface area (Å²) in [6, 6.07) is 2.09. The minimum Gasteiger partial charge on any atom is -0.371 e. The van der Waals surface area contributed by atoms with E-state index >= 15 is 0 Å². The molecule has 0 bridgehead atoms. The van der Waals surface area contributed by atoms with E-state index in [9.17, 15) is 9.59 Å². The number of hydrogen-bond acceptors (Lipinski definition) is 4. The van der Waals surface area contributed by atoms with Gasteiger partial charge in [0.15, 0.2) is 0 Å². The average Bonchev–Trinajstić information content (AvgIpc) is 3.26. The Morgan fingerprint density at radius 2 is 2.18 bits per heavy atom. The van der Waals surface area contributed by atoms with Gasteiger partial charge in [-0.1, -0.05) is 0 Å². The highest BCUT2D eigenvalue weighted by Gasteiger charge is 2.29. The molecule has 1 unspecified atom stereocenters. The number of ether oxygens (including phenoxy) is 1. The summed E-state index contributed by atoms with van der Waals surface area (Å²) in [4.78, 5) is 24.7. The van der Waals surface area contributed by atoms with Crippen molar-refractivity contribution in [2.45, 2.75) is 38.2 Å². The predicted molar refractivity (Wildman–Crippen MR) is 84.7 cm³/mol. The van der Waals surface area contributed by atoms with E-state index in [1.165, 1.54) is 10.4 Å². The van der Waals surface area contributed by atoms with Crippen molar-refractivity contribution in [1.29, 1.82) is 0 Å². The number of nitrogens with one attached hydrogen (secondary N) is 2. The van der Waals surface area contributed by atoms with Crippen molar-refractivity contribution in [3.8, 4) is 0 Å². The van der Waals surface area contributed by atoms with Crippen LogP contribution in [0.25, 0.3) is 0 Å². The molecule has 22 heavy (non-hydrogen) atoms. The van der Waals surface area contributed by atoms with Crippen molar-refractivity contribution < 1.29 is 14.3 Å². The monoisotopic (exact) mass is 322 g/mol. The lowest BCUT2D eigenvalue weighted by molar-refractivity contribution is -0.123. The minimum absolute atomic E-state index is 0.0199. The quantitative estimate of drug-likeness (QED) is 0.752. The van der Waals surface area contributed by atoms with Gasteiger partial charge in [-0.25, -0.2) is 0 Å². The number of fused-ring (bicyclic) bond motifs is 1. The Bertz CT molecular complexity index is 539. The second kappa shape index (κ2) is 7.24. The lowest BCUT2D eigenvalue weighted by Crippen LogP contribution is -2.32. The Morgan fingerprint density at radius 3 is 3.00 bits per heavy atom. The van der Waals surface area contributed by atoms with E-state index in [-0.39, 0.29) is 23.8 Å². The molecule has 2 amide bonds. The Balaban J connectivity index is 1.32. The second-order valence-electron chi connectivity index (χ2n) is 5.88. The van der Waals surface area contributed by atoms with Gasteiger partial charge in [-0.3, -0.25) is 9.59 Å². The molecule has 1 aliphatic carbocycles. The summed E-state index contributed by atoms with van der Waals surface area (Å²) >= 11 is 1.76. The first-order valence-electron chi connectivity index (χ1n) is 7.96. The lowest BCUT2D eigenvalue weighted by atomic mass is 10.1. The number of thiophene rings is 1. The van der Waals surface area contributed by atoms with Crippen LogP contribution in [-0.4, -0.2) is 31.5 Å². The van der Waals surface area contributed by atoms with Crippen LogP contribution in [0.15, 0.2) is 11.4 Å². The van der Waals surface area contributed by atoms with Crippen molar-refractivity contribution in [3.63, 3.8) is 0 Å². The van der Waals surface area contributed by atoms with Gasteiger partial charge in [-0.2, -0.15) is 0 Å². The van der Waals surface area contributed by atoms with E-state index in [0.717, 1.165) is 25.9 Å². The highest BCUT2D eigenvalue weighted by Crippen LogP contribution is 2.30. The molecule has 2 N–H and O–H groups in total. The van der Waals surface area contributed by atoms with Crippen LogP contribution in [0.1, 0.15) is 42.2 Å². The van der Waals surface area contributed by atoms with E-state index in [1.54, 1.807) is 11.3 Å². The smallest absolute Gasteiger partial charge is 0.223 e. The molecule has 0 saturated heterocycles. The van der Waals surface area contributed by atoms with E-state index in [1.807, 2.05) is 0 Å². The van der Waals surface area contributed by atoms with Crippen molar-refractivity contribution in [3.05, 3.63) is 21.9 Å². The molecule has 1 fully saturated rings. The van der Waals surface area contributed by atoms with Crippen molar-refractivity contribution in [1.82, 2.24) is 10.6 Å². The third-order valence-corrected chi connectivity index (χ3v) is 5.08. The average molecular weight is 322 g/mol. The Labute approximate surface area is 134 Å². The largest absolute Gasteiger partial charge is 0.371 e. The SMILES string of the molecule is O=C(CCCNC(=O)C1CC1)NCC1OCCc2sccc21. The van der Waals surface area contributed by atoms with Gasteiger partial charge in [0.25, 0.3) is 0 Å². The highest BCUT2D eigenvalue weighted by atomic mass is 32.1. The zero-order valence-electron chi connectivity index (χ0n) is 12.6. The molecule has 1 saturated carbocycles. The fourth-order valence-corrected chi connectivity index (χ4v) is 3.55. The number of rotatable bonds is 7.